The lowest BCUT2D eigenvalue weighted by Crippen LogP contribution is -2.05. The smallest absolute Gasteiger partial charge is 0.164 e. The number of nitrogens with zero attached hydrogens (tertiary/aromatic N) is 2. The molecule has 0 amide bonds. The molecular formula is C14H15ClN2O. The van der Waals surface area contributed by atoms with Gasteiger partial charge in [-0.2, -0.15) is 0 Å². The molecule has 0 aliphatic carbocycles. The van der Waals surface area contributed by atoms with Gasteiger partial charge >= 0.3 is 0 Å². The lowest BCUT2D eigenvalue weighted by atomic mass is 10.0. The fourth-order valence-electron chi connectivity index (χ4n) is 1.84. The van der Waals surface area contributed by atoms with Gasteiger partial charge in [0.25, 0.3) is 0 Å². The highest BCUT2D eigenvalue weighted by atomic mass is 35.5. The van der Waals surface area contributed by atoms with Crippen LogP contribution in [0.15, 0.2) is 30.6 Å². The zero-order valence-corrected chi connectivity index (χ0v) is 11.2. The van der Waals surface area contributed by atoms with Gasteiger partial charge in [0, 0.05) is 37.8 Å². The minimum Gasteiger partial charge on any atom is -0.338 e. The monoisotopic (exact) mass is 262 g/mol. The van der Waals surface area contributed by atoms with Crippen LogP contribution in [0, 0.1) is 6.92 Å². The van der Waals surface area contributed by atoms with Gasteiger partial charge in [0.2, 0.25) is 0 Å². The van der Waals surface area contributed by atoms with Gasteiger partial charge in [0.05, 0.1) is 5.02 Å². The summed E-state index contributed by atoms with van der Waals surface area (Å²) < 4.78 is 1.92. The number of ketones is 1. The van der Waals surface area contributed by atoms with Crippen molar-refractivity contribution in [2.24, 2.45) is 7.05 Å². The zero-order valence-electron chi connectivity index (χ0n) is 10.5. The minimum absolute atomic E-state index is 0.0583. The fourth-order valence-corrected chi connectivity index (χ4v) is 2.18. The van der Waals surface area contributed by atoms with Crippen molar-refractivity contribution in [3.63, 3.8) is 0 Å². The van der Waals surface area contributed by atoms with E-state index in [1.165, 1.54) is 0 Å². The predicted molar refractivity (Wildman–Crippen MR) is 72.0 cm³/mol. The second-order valence-electron chi connectivity index (χ2n) is 4.36. The van der Waals surface area contributed by atoms with E-state index in [1.807, 2.05) is 36.9 Å². The molecule has 0 radical (unpaired) electrons. The molecule has 0 saturated heterocycles. The van der Waals surface area contributed by atoms with Crippen molar-refractivity contribution >= 4 is 17.4 Å². The van der Waals surface area contributed by atoms with E-state index < -0.39 is 0 Å². The summed E-state index contributed by atoms with van der Waals surface area (Å²) in [5, 5.41) is 0.528. The Morgan fingerprint density at radius 3 is 2.83 bits per heavy atom. The summed E-state index contributed by atoms with van der Waals surface area (Å²) in [7, 11) is 1.92. The van der Waals surface area contributed by atoms with Gasteiger partial charge in [-0.15, -0.1) is 0 Å². The number of hydrogen-bond acceptors (Lipinski definition) is 2. The Morgan fingerprint density at radius 1 is 1.44 bits per heavy atom. The standard InChI is InChI=1S/C14H15ClN2O/c1-10-3-4-11(12(15)9-10)13(18)5-6-14-16-7-8-17(14)2/h3-4,7-9H,5-6H2,1-2H3. The van der Waals surface area contributed by atoms with Crippen LogP contribution in [0.2, 0.25) is 5.02 Å². The van der Waals surface area contributed by atoms with Crippen molar-refractivity contribution < 1.29 is 4.79 Å². The molecule has 0 aliphatic rings. The average Bonchev–Trinajstić information content (AvgIpc) is 2.72. The quantitative estimate of drug-likeness (QED) is 0.793. The van der Waals surface area contributed by atoms with Gasteiger partial charge in [-0.25, -0.2) is 4.98 Å². The largest absolute Gasteiger partial charge is 0.338 e. The Hall–Kier alpha value is -1.61. The summed E-state index contributed by atoms with van der Waals surface area (Å²) in [6, 6.07) is 5.51. The maximum Gasteiger partial charge on any atom is 0.164 e. The number of Topliss-reactive ketones (excluding diaryl/α,β-unsaturated/α-hetero) is 1. The molecule has 94 valence electrons. The minimum atomic E-state index is 0.0583. The predicted octanol–water partition coefficient (Wildman–Crippen LogP) is 3.20. The molecule has 0 aliphatic heterocycles. The SMILES string of the molecule is Cc1ccc(C(=O)CCc2nccn2C)c(Cl)c1. The topological polar surface area (TPSA) is 34.9 Å². The lowest BCUT2D eigenvalue weighted by Gasteiger charge is -2.05. The molecule has 1 aromatic carbocycles. The van der Waals surface area contributed by atoms with Gasteiger partial charge in [0.1, 0.15) is 5.82 Å². The van der Waals surface area contributed by atoms with Crippen molar-refractivity contribution in [1.29, 1.82) is 0 Å². The van der Waals surface area contributed by atoms with Crippen LogP contribution in [0.3, 0.4) is 0 Å². The maximum absolute atomic E-state index is 12.1. The molecule has 0 bridgehead atoms. The molecule has 0 spiro atoms. The molecule has 2 aromatic rings. The summed E-state index contributed by atoms with van der Waals surface area (Å²) in [5.74, 6) is 0.967. The molecule has 0 N–H and O–H groups in total. The van der Waals surface area contributed by atoms with Gasteiger partial charge in [0.15, 0.2) is 5.78 Å². The molecular weight excluding hydrogens is 248 g/mol. The molecule has 18 heavy (non-hydrogen) atoms. The van der Waals surface area contributed by atoms with E-state index in [0.29, 0.717) is 23.4 Å². The first kappa shape index (κ1) is 12.8. The van der Waals surface area contributed by atoms with Crippen molar-refractivity contribution in [2.45, 2.75) is 19.8 Å². The summed E-state index contributed by atoms with van der Waals surface area (Å²) in [4.78, 5) is 16.3. The van der Waals surface area contributed by atoms with E-state index in [-0.39, 0.29) is 5.78 Å². The molecule has 4 heteroatoms. The van der Waals surface area contributed by atoms with Gasteiger partial charge in [-0.1, -0.05) is 17.7 Å². The van der Waals surface area contributed by atoms with Crippen molar-refractivity contribution in [3.8, 4) is 0 Å². The molecule has 0 fully saturated rings. The highest BCUT2D eigenvalue weighted by Crippen LogP contribution is 2.19. The number of halogens is 1. The lowest BCUT2D eigenvalue weighted by molar-refractivity contribution is 0.0982. The average molecular weight is 263 g/mol. The molecule has 1 aromatic heterocycles. The first-order valence-electron chi connectivity index (χ1n) is 5.83. The molecule has 1 heterocycles. The maximum atomic E-state index is 12.1. The Kier molecular flexibility index (Phi) is 3.82. The van der Waals surface area contributed by atoms with Crippen LogP contribution in [-0.2, 0) is 13.5 Å². The highest BCUT2D eigenvalue weighted by molar-refractivity contribution is 6.34. The zero-order chi connectivity index (χ0) is 13.1. The number of rotatable bonds is 4. The third-order valence-corrected chi connectivity index (χ3v) is 3.23. The van der Waals surface area contributed by atoms with E-state index >= 15 is 0 Å². The Bertz CT molecular complexity index is 575. The van der Waals surface area contributed by atoms with E-state index in [2.05, 4.69) is 4.98 Å². The van der Waals surface area contributed by atoms with Crippen LogP contribution in [0.4, 0.5) is 0 Å². The summed E-state index contributed by atoms with van der Waals surface area (Å²) in [6.07, 6.45) is 4.66. The van der Waals surface area contributed by atoms with E-state index in [1.54, 1.807) is 12.3 Å². The molecule has 3 nitrogen and oxygen atoms in total. The first-order chi connectivity index (χ1) is 8.58. The Labute approximate surface area is 111 Å². The van der Waals surface area contributed by atoms with Crippen LogP contribution < -0.4 is 0 Å². The number of carbonyl (C=O) groups excluding carboxylic acids is 1. The van der Waals surface area contributed by atoms with Crippen molar-refractivity contribution in [1.82, 2.24) is 9.55 Å². The number of hydrogen-bond donors (Lipinski definition) is 0. The number of imidazole rings is 1. The second-order valence-corrected chi connectivity index (χ2v) is 4.77. The fraction of sp³-hybridized carbons (Fsp3) is 0.286. The van der Waals surface area contributed by atoms with Crippen LogP contribution in [0.1, 0.15) is 28.2 Å². The summed E-state index contributed by atoms with van der Waals surface area (Å²) in [6.45, 7) is 1.95. The molecule has 0 unspecified atom stereocenters. The Morgan fingerprint density at radius 2 is 2.22 bits per heavy atom. The van der Waals surface area contributed by atoms with Crippen LogP contribution in [0.5, 0.6) is 0 Å². The third kappa shape index (κ3) is 2.79. The molecule has 2 rings (SSSR count). The van der Waals surface area contributed by atoms with Gasteiger partial charge in [-0.05, 0) is 24.6 Å². The third-order valence-electron chi connectivity index (χ3n) is 2.92. The highest BCUT2D eigenvalue weighted by Gasteiger charge is 2.11. The van der Waals surface area contributed by atoms with Gasteiger partial charge in [-0.3, -0.25) is 4.79 Å². The van der Waals surface area contributed by atoms with E-state index in [9.17, 15) is 4.79 Å². The number of carbonyl (C=O) groups is 1. The molecule has 0 atom stereocenters. The van der Waals surface area contributed by atoms with Gasteiger partial charge < -0.3 is 4.57 Å². The number of aromatic nitrogens is 2. The van der Waals surface area contributed by atoms with Crippen LogP contribution in [0.25, 0.3) is 0 Å². The normalized spacial score (nSPS) is 10.6. The van der Waals surface area contributed by atoms with Crippen molar-refractivity contribution in [2.75, 3.05) is 0 Å². The van der Waals surface area contributed by atoms with E-state index in [4.69, 9.17) is 11.6 Å². The summed E-state index contributed by atoms with van der Waals surface area (Å²) >= 11 is 6.07. The van der Waals surface area contributed by atoms with Crippen molar-refractivity contribution in [3.05, 3.63) is 52.6 Å². The molecule has 0 saturated carbocycles. The summed E-state index contributed by atoms with van der Waals surface area (Å²) in [5.41, 5.74) is 1.65. The Balaban J connectivity index is 2.06. The first-order valence-corrected chi connectivity index (χ1v) is 6.21. The number of benzene rings is 1. The van der Waals surface area contributed by atoms with Crippen LogP contribution in [-0.4, -0.2) is 15.3 Å². The second kappa shape index (κ2) is 5.36. The number of aryl methyl sites for hydroxylation is 3. The van der Waals surface area contributed by atoms with Crippen LogP contribution >= 0.6 is 11.6 Å². The van der Waals surface area contributed by atoms with E-state index in [0.717, 1.165) is 11.4 Å².